The minimum atomic E-state index is 0.874. The molecule has 0 radical (unpaired) electrons. The second-order valence-electron chi connectivity index (χ2n) is 5.60. The van der Waals surface area contributed by atoms with Crippen molar-refractivity contribution in [3.8, 4) is 24.0 Å². The number of nitrogens with one attached hydrogen (secondary N) is 2. The number of aromatic nitrogens is 4. The van der Waals surface area contributed by atoms with Gasteiger partial charge in [-0.1, -0.05) is 29.8 Å². The maximum atomic E-state index is 8.00. The highest BCUT2D eigenvalue weighted by Crippen LogP contribution is 2.18. The number of carbonyl (C=O) groups excluding carboxylic acids is 1. The maximum Gasteiger partial charge on any atom is 0.157 e. The van der Waals surface area contributed by atoms with Crippen molar-refractivity contribution in [1.82, 2.24) is 19.6 Å². The first kappa shape index (κ1) is 22.2. The van der Waals surface area contributed by atoms with Gasteiger partial charge in [0.25, 0.3) is 0 Å². The van der Waals surface area contributed by atoms with Crippen molar-refractivity contribution < 1.29 is 4.79 Å². The first-order chi connectivity index (χ1) is 13.7. The molecule has 0 spiro atoms. The number of anilines is 1. The molecule has 6 heteroatoms. The standard InChI is InChI=1S/C11H11N.C8H10N4.C2H2.CH2O/c1-9-2-4-10(5-3-9)11-6-7-12-8-11;1-6-5-8-10-4-3-7(9-2)12(8)11-6;2*1-2/h2-8,12H,1H3;3-5,9H,1-2H3;1-2H;1H2. The number of aryl methyl sites for hydroxylation is 2. The average Bonchev–Trinajstić information content (AvgIpc) is 3.41. The number of fused-ring (bicyclic) bond motifs is 1. The Labute approximate surface area is 165 Å². The fourth-order valence-electron chi connectivity index (χ4n) is 2.45. The minimum Gasteiger partial charge on any atom is -0.373 e. The zero-order chi connectivity index (χ0) is 20.9. The van der Waals surface area contributed by atoms with E-state index in [0.29, 0.717) is 0 Å². The summed E-state index contributed by atoms with van der Waals surface area (Å²) in [6.45, 7) is 6.05. The number of carbonyl (C=O) groups is 1. The zero-order valence-electron chi connectivity index (χ0n) is 16.4. The van der Waals surface area contributed by atoms with Gasteiger partial charge in [-0.05, 0) is 37.1 Å². The monoisotopic (exact) mass is 375 g/mol. The summed E-state index contributed by atoms with van der Waals surface area (Å²) >= 11 is 0. The minimum absolute atomic E-state index is 0.874. The molecule has 0 bridgehead atoms. The Morgan fingerprint density at radius 2 is 1.71 bits per heavy atom. The van der Waals surface area contributed by atoms with Crippen LogP contribution in [0.1, 0.15) is 11.3 Å². The van der Waals surface area contributed by atoms with E-state index in [1.807, 2.05) is 45.3 Å². The molecule has 6 nitrogen and oxygen atoms in total. The molecule has 0 fully saturated rings. The van der Waals surface area contributed by atoms with E-state index >= 15 is 0 Å². The molecule has 3 aromatic heterocycles. The van der Waals surface area contributed by atoms with Crippen molar-refractivity contribution in [2.45, 2.75) is 13.8 Å². The fourth-order valence-corrected chi connectivity index (χ4v) is 2.45. The molecule has 0 saturated heterocycles. The average molecular weight is 375 g/mol. The summed E-state index contributed by atoms with van der Waals surface area (Å²) in [4.78, 5) is 15.2. The van der Waals surface area contributed by atoms with Gasteiger partial charge in [-0.15, -0.1) is 12.8 Å². The van der Waals surface area contributed by atoms with Gasteiger partial charge < -0.3 is 15.1 Å². The molecular weight excluding hydrogens is 350 g/mol. The van der Waals surface area contributed by atoms with Gasteiger partial charge in [0.15, 0.2) is 5.65 Å². The van der Waals surface area contributed by atoms with E-state index < -0.39 is 0 Å². The number of benzene rings is 1. The van der Waals surface area contributed by atoms with Gasteiger partial charge >= 0.3 is 0 Å². The summed E-state index contributed by atoms with van der Waals surface area (Å²) < 4.78 is 1.79. The van der Waals surface area contributed by atoms with Gasteiger partial charge in [0.05, 0.1) is 5.69 Å². The van der Waals surface area contributed by atoms with E-state index in [1.165, 1.54) is 16.7 Å². The van der Waals surface area contributed by atoms with Crippen LogP contribution in [-0.4, -0.2) is 33.4 Å². The van der Waals surface area contributed by atoms with Gasteiger partial charge in [-0.3, -0.25) is 0 Å². The number of aromatic amines is 1. The van der Waals surface area contributed by atoms with E-state index in [-0.39, 0.29) is 0 Å². The maximum absolute atomic E-state index is 8.00. The van der Waals surface area contributed by atoms with Crippen molar-refractivity contribution in [2.24, 2.45) is 0 Å². The van der Waals surface area contributed by atoms with Gasteiger partial charge in [0.2, 0.25) is 0 Å². The van der Waals surface area contributed by atoms with E-state index in [4.69, 9.17) is 4.79 Å². The van der Waals surface area contributed by atoms with Crippen molar-refractivity contribution in [3.63, 3.8) is 0 Å². The molecule has 0 amide bonds. The van der Waals surface area contributed by atoms with E-state index in [9.17, 15) is 0 Å². The van der Waals surface area contributed by atoms with Crippen LogP contribution < -0.4 is 5.32 Å². The number of hydrogen-bond donors (Lipinski definition) is 2. The van der Waals surface area contributed by atoms with Crippen LogP contribution in [-0.2, 0) is 4.79 Å². The summed E-state index contributed by atoms with van der Waals surface area (Å²) in [7, 11) is 1.87. The molecular formula is C22H25N5O. The predicted octanol–water partition coefficient (Wildman–Crippen LogP) is 4.13. The summed E-state index contributed by atoms with van der Waals surface area (Å²) in [5.74, 6) is 0.952. The highest BCUT2D eigenvalue weighted by atomic mass is 16.1. The van der Waals surface area contributed by atoms with Crippen molar-refractivity contribution in [1.29, 1.82) is 0 Å². The van der Waals surface area contributed by atoms with Crippen LogP contribution in [0.15, 0.2) is 61.1 Å². The number of terminal acetylenes is 1. The second kappa shape index (κ2) is 11.7. The van der Waals surface area contributed by atoms with Crippen LogP contribution in [0.25, 0.3) is 16.8 Å². The molecule has 2 N–H and O–H groups in total. The Morgan fingerprint density at radius 1 is 1.04 bits per heavy atom. The highest BCUT2D eigenvalue weighted by Gasteiger charge is 2.00. The molecule has 28 heavy (non-hydrogen) atoms. The third-order valence-electron chi connectivity index (χ3n) is 3.72. The highest BCUT2D eigenvalue weighted by molar-refractivity contribution is 5.62. The Balaban J connectivity index is 0.000000238. The third kappa shape index (κ3) is 5.85. The molecule has 0 aliphatic rings. The first-order valence-corrected chi connectivity index (χ1v) is 8.48. The lowest BCUT2D eigenvalue weighted by Crippen LogP contribution is -1.99. The van der Waals surface area contributed by atoms with Crippen molar-refractivity contribution in [2.75, 3.05) is 12.4 Å². The van der Waals surface area contributed by atoms with Crippen LogP contribution >= 0.6 is 0 Å². The largest absolute Gasteiger partial charge is 0.373 e. The molecule has 144 valence electrons. The number of hydrogen-bond acceptors (Lipinski definition) is 4. The fraction of sp³-hybridized carbons (Fsp3) is 0.136. The summed E-state index contributed by atoms with van der Waals surface area (Å²) in [5, 5.41) is 7.32. The Morgan fingerprint density at radius 3 is 2.29 bits per heavy atom. The van der Waals surface area contributed by atoms with Gasteiger partial charge in [-0.25, -0.2) is 4.98 Å². The molecule has 0 aliphatic carbocycles. The van der Waals surface area contributed by atoms with Gasteiger partial charge in [0.1, 0.15) is 12.6 Å². The SMILES string of the molecule is C#C.C=O.CNc1ccnc2cc(C)nn12.Cc1ccc(-c2cc[nH]c2)cc1. The topological polar surface area (TPSA) is 75.1 Å². The molecule has 0 saturated carbocycles. The Bertz CT molecular complexity index is 969. The van der Waals surface area contributed by atoms with Crippen molar-refractivity contribution in [3.05, 3.63) is 72.3 Å². The molecule has 4 rings (SSSR count). The Kier molecular flexibility index (Phi) is 9.28. The van der Waals surface area contributed by atoms with E-state index in [2.05, 4.69) is 70.5 Å². The first-order valence-electron chi connectivity index (χ1n) is 8.48. The number of H-pyrrole nitrogens is 1. The lowest BCUT2D eigenvalue weighted by molar-refractivity contribution is -0.0979. The smallest absolute Gasteiger partial charge is 0.157 e. The van der Waals surface area contributed by atoms with Crippen LogP contribution in [0.4, 0.5) is 5.82 Å². The molecule has 3 heterocycles. The van der Waals surface area contributed by atoms with Crippen LogP contribution in [0.2, 0.25) is 0 Å². The third-order valence-corrected chi connectivity index (χ3v) is 3.72. The lowest BCUT2D eigenvalue weighted by Gasteiger charge is -2.00. The normalized spacial score (nSPS) is 9.04. The molecule has 1 aromatic carbocycles. The summed E-state index contributed by atoms with van der Waals surface area (Å²) in [6.07, 6.45) is 13.7. The van der Waals surface area contributed by atoms with Crippen molar-refractivity contribution >= 4 is 18.3 Å². The van der Waals surface area contributed by atoms with Crippen LogP contribution in [0.3, 0.4) is 0 Å². The van der Waals surface area contributed by atoms with Gasteiger partial charge in [-0.2, -0.15) is 9.61 Å². The summed E-state index contributed by atoms with van der Waals surface area (Å²) in [5.41, 5.74) is 5.66. The molecule has 0 aliphatic heterocycles. The van der Waals surface area contributed by atoms with Crippen LogP contribution in [0.5, 0.6) is 0 Å². The van der Waals surface area contributed by atoms with E-state index in [0.717, 1.165) is 17.2 Å². The number of rotatable bonds is 2. The molecule has 0 unspecified atom stereocenters. The van der Waals surface area contributed by atoms with E-state index in [1.54, 1.807) is 10.7 Å². The quantitative estimate of drug-likeness (QED) is 0.517. The molecule has 4 aromatic rings. The number of nitrogens with zero attached hydrogens (tertiary/aromatic N) is 3. The second-order valence-corrected chi connectivity index (χ2v) is 5.60. The van der Waals surface area contributed by atoms with Crippen LogP contribution in [0, 0.1) is 26.7 Å². The predicted molar refractivity (Wildman–Crippen MR) is 115 cm³/mol. The van der Waals surface area contributed by atoms with Gasteiger partial charge in [0, 0.05) is 31.7 Å². The molecule has 0 atom stereocenters. The lowest BCUT2D eigenvalue weighted by atomic mass is 10.1. The summed E-state index contributed by atoms with van der Waals surface area (Å²) in [6, 6.07) is 14.4. The Hall–Kier alpha value is -3.85. The zero-order valence-corrected chi connectivity index (χ0v) is 16.4.